The van der Waals surface area contributed by atoms with Gasteiger partial charge in [0.25, 0.3) is 0 Å². The van der Waals surface area contributed by atoms with E-state index in [0.29, 0.717) is 6.42 Å². The number of rotatable bonds is 7. The summed E-state index contributed by atoms with van der Waals surface area (Å²) in [5, 5.41) is 4.10. The largest absolute Gasteiger partial charge is 0.347 e. The second-order valence-corrected chi connectivity index (χ2v) is 6.15. The number of carbonyl (C=O) groups is 1. The normalized spacial score (nSPS) is 12.5. The van der Waals surface area contributed by atoms with Crippen LogP contribution in [0.2, 0.25) is 0 Å². The number of benzene rings is 1. The zero-order valence-corrected chi connectivity index (χ0v) is 13.5. The van der Waals surface area contributed by atoms with E-state index in [0.717, 1.165) is 29.9 Å². The first-order valence-corrected chi connectivity index (χ1v) is 8.69. The predicted octanol–water partition coefficient (Wildman–Crippen LogP) is 3.07. The number of aromatic nitrogens is 1. The van der Waals surface area contributed by atoms with Gasteiger partial charge in [0.15, 0.2) is 0 Å². The van der Waals surface area contributed by atoms with Crippen LogP contribution in [-0.4, -0.2) is 28.5 Å². The molecule has 1 aromatic carbocycles. The molecule has 0 aliphatic carbocycles. The molecular formula is C16H23N3OS. The Morgan fingerprint density at radius 1 is 1.43 bits per heavy atom. The van der Waals surface area contributed by atoms with Gasteiger partial charge in [0.2, 0.25) is 5.91 Å². The number of amides is 1. The molecule has 21 heavy (non-hydrogen) atoms. The Bertz CT molecular complexity index is 609. The number of hydrogen-bond acceptors (Lipinski definition) is 3. The molecule has 0 fully saturated rings. The van der Waals surface area contributed by atoms with Gasteiger partial charge in [-0.1, -0.05) is 13.0 Å². The van der Waals surface area contributed by atoms with Crippen molar-refractivity contribution < 1.29 is 4.79 Å². The van der Waals surface area contributed by atoms with Gasteiger partial charge in [-0.05, 0) is 48.4 Å². The molecule has 3 N–H and O–H groups in total. The fourth-order valence-electron chi connectivity index (χ4n) is 2.31. The lowest BCUT2D eigenvalue weighted by molar-refractivity contribution is -0.117. The lowest BCUT2D eigenvalue weighted by atomic mass is 10.2. The summed E-state index contributed by atoms with van der Waals surface area (Å²) in [6.07, 6.45) is 5.88. The number of hydrogen-bond donors (Lipinski definition) is 2. The minimum Gasteiger partial charge on any atom is -0.347 e. The summed E-state index contributed by atoms with van der Waals surface area (Å²) in [6.45, 7) is 3.14. The van der Waals surface area contributed by atoms with E-state index < -0.39 is 6.04 Å². The summed E-state index contributed by atoms with van der Waals surface area (Å²) < 4.78 is 2.21. The molecule has 0 saturated heterocycles. The molecule has 0 unspecified atom stereocenters. The zero-order chi connectivity index (χ0) is 15.2. The lowest BCUT2D eigenvalue weighted by Gasteiger charge is -2.12. The molecule has 1 heterocycles. The second kappa shape index (κ2) is 7.52. The summed E-state index contributed by atoms with van der Waals surface area (Å²) in [6, 6.07) is 7.63. The number of aryl methyl sites for hydroxylation is 1. The van der Waals surface area contributed by atoms with Gasteiger partial charge in [-0.2, -0.15) is 11.8 Å². The first-order valence-electron chi connectivity index (χ1n) is 7.30. The third-order valence-electron chi connectivity index (χ3n) is 3.48. The number of carbonyl (C=O) groups excluding carboxylic acids is 1. The van der Waals surface area contributed by atoms with Crippen molar-refractivity contribution in [1.82, 2.24) is 4.57 Å². The first kappa shape index (κ1) is 15.9. The Morgan fingerprint density at radius 3 is 2.95 bits per heavy atom. The Labute approximate surface area is 130 Å². The number of anilines is 1. The zero-order valence-electron chi connectivity index (χ0n) is 12.6. The molecule has 5 heteroatoms. The molecule has 114 valence electrons. The summed E-state index contributed by atoms with van der Waals surface area (Å²) in [5.41, 5.74) is 7.84. The van der Waals surface area contributed by atoms with E-state index in [2.05, 4.69) is 29.1 Å². The molecule has 0 bridgehead atoms. The average Bonchev–Trinajstić information content (AvgIpc) is 2.88. The van der Waals surface area contributed by atoms with Crippen LogP contribution in [0, 0.1) is 0 Å². The Hall–Kier alpha value is -1.46. The van der Waals surface area contributed by atoms with Gasteiger partial charge in [0.05, 0.1) is 11.6 Å². The van der Waals surface area contributed by atoms with Crippen molar-refractivity contribution >= 4 is 34.3 Å². The second-order valence-electron chi connectivity index (χ2n) is 5.16. The smallest absolute Gasteiger partial charge is 0.241 e. The van der Waals surface area contributed by atoms with Crippen LogP contribution < -0.4 is 11.1 Å². The van der Waals surface area contributed by atoms with Crippen LogP contribution in [0.4, 0.5) is 5.69 Å². The lowest BCUT2D eigenvalue weighted by Crippen LogP contribution is -2.36. The van der Waals surface area contributed by atoms with Gasteiger partial charge in [-0.3, -0.25) is 4.79 Å². The highest BCUT2D eigenvalue weighted by Gasteiger charge is 2.13. The number of nitrogens with zero attached hydrogens (tertiary/aromatic N) is 1. The van der Waals surface area contributed by atoms with Crippen LogP contribution in [-0.2, 0) is 11.3 Å². The predicted molar refractivity (Wildman–Crippen MR) is 91.8 cm³/mol. The quantitative estimate of drug-likeness (QED) is 0.826. The van der Waals surface area contributed by atoms with E-state index in [9.17, 15) is 4.79 Å². The third kappa shape index (κ3) is 4.02. The van der Waals surface area contributed by atoms with Crippen LogP contribution in [0.1, 0.15) is 19.8 Å². The number of thioether (sulfide) groups is 1. The number of nitrogens with two attached hydrogens (primary N) is 1. The minimum atomic E-state index is -0.449. The maximum absolute atomic E-state index is 12.1. The molecule has 1 amide bonds. The Balaban J connectivity index is 2.11. The van der Waals surface area contributed by atoms with Gasteiger partial charge in [-0.25, -0.2) is 0 Å². The molecule has 1 aromatic heterocycles. The van der Waals surface area contributed by atoms with Crippen molar-refractivity contribution in [3.05, 3.63) is 30.5 Å². The molecule has 0 spiro atoms. The van der Waals surface area contributed by atoms with Crippen LogP contribution >= 0.6 is 11.8 Å². The van der Waals surface area contributed by atoms with Gasteiger partial charge in [-0.15, -0.1) is 0 Å². The highest BCUT2D eigenvalue weighted by molar-refractivity contribution is 7.98. The van der Waals surface area contributed by atoms with E-state index >= 15 is 0 Å². The van der Waals surface area contributed by atoms with Crippen molar-refractivity contribution in [2.24, 2.45) is 5.73 Å². The molecule has 2 aromatic rings. The molecular weight excluding hydrogens is 282 g/mol. The van der Waals surface area contributed by atoms with Gasteiger partial charge >= 0.3 is 0 Å². The van der Waals surface area contributed by atoms with Crippen LogP contribution in [0.5, 0.6) is 0 Å². The fourth-order valence-corrected chi connectivity index (χ4v) is 2.80. The maximum Gasteiger partial charge on any atom is 0.241 e. The van der Waals surface area contributed by atoms with E-state index in [1.165, 1.54) is 5.39 Å². The summed E-state index contributed by atoms with van der Waals surface area (Å²) >= 11 is 1.70. The molecule has 0 aliphatic rings. The molecule has 0 aliphatic heterocycles. The third-order valence-corrected chi connectivity index (χ3v) is 4.12. The molecule has 1 atom stereocenters. The van der Waals surface area contributed by atoms with Gasteiger partial charge < -0.3 is 15.6 Å². The van der Waals surface area contributed by atoms with Crippen molar-refractivity contribution in [3.63, 3.8) is 0 Å². The minimum absolute atomic E-state index is 0.114. The van der Waals surface area contributed by atoms with Crippen LogP contribution in [0.25, 0.3) is 10.9 Å². The molecule has 0 radical (unpaired) electrons. The molecule has 0 saturated carbocycles. The fraction of sp³-hybridized carbons (Fsp3) is 0.438. The van der Waals surface area contributed by atoms with Crippen molar-refractivity contribution in [3.8, 4) is 0 Å². The van der Waals surface area contributed by atoms with E-state index in [-0.39, 0.29) is 5.91 Å². The Morgan fingerprint density at radius 2 is 2.24 bits per heavy atom. The van der Waals surface area contributed by atoms with Crippen LogP contribution in [0.3, 0.4) is 0 Å². The summed E-state index contributed by atoms with van der Waals surface area (Å²) in [4.78, 5) is 12.1. The van der Waals surface area contributed by atoms with E-state index in [1.54, 1.807) is 11.8 Å². The SMILES string of the molecule is CCCn1ccc2ccc(NC(=O)[C@@H](N)CCSC)cc21. The van der Waals surface area contributed by atoms with Gasteiger partial charge in [0, 0.05) is 18.4 Å². The van der Waals surface area contributed by atoms with Crippen molar-refractivity contribution in [2.75, 3.05) is 17.3 Å². The van der Waals surface area contributed by atoms with Crippen molar-refractivity contribution in [1.29, 1.82) is 0 Å². The van der Waals surface area contributed by atoms with Crippen LogP contribution in [0.15, 0.2) is 30.5 Å². The van der Waals surface area contributed by atoms with Crippen molar-refractivity contribution in [2.45, 2.75) is 32.4 Å². The highest BCUT2D eigenvalue weighted by atomic mass is 32.2. The number of nitrogens with one attached hydrogen (secondary N) is 1. The Kier molecular flexibility index (Phi) is 5.70. The maximum atomic E-state index is 12.1. The molecule has 2 rings (SSSR count). The topological polar surface area (TPSA) is 60.0 Å². The summed E-state index contributed by atoms with van der Waals surface area (Å²) in [5.74, 6) is 0.782. The highest BCUT2D eigenvalue weighted by Crippen LogP contribution is 2.21. The van der Waals surface area contributed by atoms with Gasteiger partial charge in [0.1, 0.15) is 0 Å². The summed E-state index contributed by atoms with van der Waals surface area (Å²) in [7, 11) is 0. The van der Waals surface area contributed by atoms with E-state index in [1.807, 2.05) is 24.5 Å². The molecule has 4 nitrogen and oxygen atoms in total. The standard InChI is InChI=1S/C16H23N3OS/c1-3-8-19-9-6-12-4-5-13(11-15(12)19)18-16(20)14(17)7-10-21-2/h4-6,9,11,14H,3,7-8,10,17H2,1-2H3,(H,18,20)/t14-/m0/s1. The average molecular weight is 305 g/mol. The van der Waals surface area contributed by atoms with E-state index in [4.69, 9.17) is 5.73 Å². The first-order chi connectivity index (χ1) is 10.2. The number of fused-ring (bicyclic) bond motifs is 1. The monoisotopic (exact) mass is 305 g/mol.